The number of carbonyl (C=O) groups is 1. The fraction of sp³-hybridized carbons (Fsp3) is 0.647. The standard InChI is InChI=1S/C17H24N6O/c24-17(13-5-1-2-6-13)18-7-10-23-16-14(11-21-23)15(19-12-20-16)22-8-3-4-9-22/h11-13H,1-10H2,(H,18,24). The molecule has 0 spiro atoms. The minimum Gasteiger partial charge on any atom is -0.356 e. The summed E-state index contributed by atoms with van der Waals surface area (Å²) in [5, 5.41) is 8.50. The number of aromatic nitrogens is 4. The number of amides is 1. The molecule has 1 amide bonds. The van der Waals surface area contributed by atoms with Gasteiger partial charge in [0.15, 0.2) is 5.65 Å². The smallest absolute Gasteiger partial charge is 0.223 e. The summed E-state index contributed by atoms with van der Waals surface area (Å²) in [6.45, 7) is 3.33. The first-order valence-electron chi connectivity index (χ1n) is 9.02. The van der Waals surface area contributed by atoms with E-state index in [0.717, 1.165) is 42.8 Å². The van der Waals surface area contributed by atoms with Gasteiger partial charge in [0.2, 0.25) is 5.91 Å². The van der Waals surface area contributed by atoms with Crippen LogP contribution in [0.1, 0.15) is 38.5 Å². The maximum Gasteiger partial charge on any atom is 0.223 e. The zero-order chi connectivity index (χ0) is 16.4. The van der Waals surface area contributed by atoms with Gasteiger partial charge in [-0.25, -0.2) is 14.6 Å². The third-order valence-corrected chi connectivity index (χ3v) is 5.17. The van der Waals surface area contributed by atoms with E-state index in [9.17, 15) is 4.79 Å². The average Bonchev–Trinajstić information content (AvgIpc) is 3.35. The van der Waals surface area contributed by atoms with Crippen LogP contribution in [0.5, 0.6) is 0 Å². The number of fused-ring (bicyclic) bond motifs is 1. The Hall–Kier alpha value is -2.18. The second kappa shape index (κ2) is 6.75. The Morgan fingerprint density at radius 2 is 1.96 bits per heavy atom. The van der Waals surface area contributed by atoms with E-state index in [0.29, 0.717) is 13.1 Å². The monoisotopic (exact) mass is 328 g/mol. The molecule has 0 radical (unpaired) electrons. The molecule has 128 valence electrons. The quantitative estimate of drug-likeness (QED) is 0.904. The van der Waals surface area contributed by atoms with Crippen LogP contribution < -0.4 is 10.2 Å². The van der Waals surface area contributed by atoms with Crippen molar-refractivity contribution in [1.29, 1.82) is 0 Å². The van der Waals surface area contributed by atoms with Crippen molar-refractivity contribution in [3.8, 4) is 0 Å². The molecule has 2 aromatic heterocycles. The lowest BCUT2D eigenvalue weighted by Crippen LogP contribution is -2.32. The van der Waals surface area contributed by atoms with Crippen LogP contribution in [-0.2, 0) is 11.3 Å². The maximum atomic E-state index is 12.1. The van der Waals surface area contributed by atoms with Gasteiger partial charge in [0.25, 0.3) is 0 Å². The van der Waals surface area contributed by atoms with Crippen molar-refractivity contribution in [1.82, 2.24) is 25.1 Å². The second-order valence-corrected chi connectivity index (χ2v) is 6.77. The minimum absolute atomic E-state index is 0.191. The van der Waals surface area contributed by atoms with Crippen LogP contribution >= 0.6 is 0 Å². The predicted octanol–water partition coefficient (Wildman–Crippen LogP) is 1.73. The number of carbonyl (C=O) groups excluding carboxylic acids is 1. The zero-order valence-corrected chi connectivity index (χ0v) is 13.9. The zero-order valence-electron chi connectivity index (χ0n) is 13.9. The van der Waals surface area contributed by atoms with Crippen molar-refractivity contribution in [3.63, 3.8) is 0 Å². The van der Waals surface area contributed by atoms with E-state index in [2.05, 4.69) is 25.3 Å². The van der Waals surface area contributed by atoms with Crippen molar-refractivity contribution in [2.24, 2.45) is 5.92 Å². The van der Waals surface area contributed by atoms with Gasteiger partial charge in [-0.1, -0.05) is 12.8 Å². The Balaban J connectivity index is 1.43. The predicted molar refractivity (Wildman–Crippen MR) is 91.7 cm³/mol. The molecule has 2 aliphatic rings. The Labute approximate surface area is 141 Å². The molecule has 1 aliphatic carbocycles. The fourth-order valence-electron chi connectivity index (χ4n) is 3.84. The summed E-state index contributed by atoms with van der Waals surface area (Å²) in [6.07, 6.45) is 10.3. The summed E-state index contributed by atoms with van der Waals surface area (Å²) in [5.74, 6) is 1.39. The summed E-state index contributed by atoms with van der Waals surface area (Å²) in [4.78, 5) is 23.2. The highest BCUT2D eigenvalue weighted by Crippen LogP contribution is 2.26. The molecule has 1 aliphatic heterocycles. The normalized spacial score (nSPS) is 18.6. The van der Waals surface area contributed by atoms with Crippen molar-refractivity contribution in [2.75, 3.05) is 24.5 Å². The minimum atomic E-state index is 0.191. The van der Waals surface area contributed by atoms with E-state index >= 15 is 0 Å². The molecule has 0 unspecified atom stereocenters. The number of hydrogen-bond donors (Lipinski definition) is 1. The van der Waals surface area contributed by atoms with Gasteiger partial charge >= 0.3 is 0 Å². The molecule has 7 heteroatoms. The van der Waals surface area contributed by atoms with Gasteiger partial charge in [0, 0.05) is 25.6 Å². The summed E-state index contributed by atoms with van der Waals surface area (Å²) in [6, 6.07) is 0. The Kier molecular flexibility index (Phi) is 4.32. The topological polar surface area (TPSA) is 75.9 Å². The van der Waals surface area contributed by atoms with Gasteiger partial charge < -0.3 is 10.2 Å². The molecular formula is C17H24N6O. The summed E-state index contributed by atoms with van der Waals surface area (Å²) in [7, 11) is 0. The lowest BCUT2D eigenvalue weighted by Gasteiger charge is -2.16. The van der Waals surface area contributed by atoms with Crippen LogP contribution in [0.25, 0.3) is 11.0 Å². The molecule has 1 N–H and O–H groups in total. The van der Waals surface area contributed by atoms with E-state index in [-0.39, 0.29) is 11.8 Å². The third-order valence-electron chi connectivity index (χ3n) is 5.17. The van der Waals surface area contributed by atoms with Gasteiger partial charge in [0.1, 0.15) is 12.1 Å². The first-order valence-corrected chi connectivity index (χ1v) is 9.02. The number of nitrogens with zero attached hydrogens (tertiary/aromatic N) is 5. The van der Waals surface area contributed by atoms with E-state index in [4.69, 9.17) is 0 Å². The molecule has 2 fully saturated rings. The van der Waals surface area contributed by atoms with Crippen LogP contribution in [0.4, 0.5) is 5.82 Å². The van der Waals surface area contributed by atoms with Gasteiger partial charge in [-0.15, -0.1) is 0 Å². The maximum absolute atomic E-state index is 12.1. The van der Waals surface area contributed by atoms with Crippen molar-refractivity contribution < 1.29 is 4.79 Å². The van der Waals surface area contributed by atoms with Gasteiger partial charge in [-0.05, 0) is 25.7 Å². The summed E-state index contributed by atoms with van der Waals surface area (Å²) >= 11 is 0. The van der Waals surface area contributed by atoms with E-state index in [1.54, 1.807) is 6.33 Å². The highest BCUT2D eigenvalue weighted by Gasteiger charge is 2.22. The number of anilines is 1. The van der Waals surface area contributed by atoms with E-state index in [1.165, 1.54) is 25.7 Å². The third kappa shape index (κ3) is 2.95. The molecule has 24 heavy (non-hydrogen) atoms. The van der Waals surface area contributed by atoms with Gasteiger partial charge in [0.05, 0.1) is 18.1 Å². The molecule has 1 saturated carbocycles. The largest absolute Gasteiger partial charge is 0.356 e. The van der Waals surface area contributed by atoms with Crippen molar-refractivity contribution in [2.45, 2.75) is 45.1 Å². The van der Waals surface area contributed by atoms with Crippen molar-refractivity contribution in [3.05, 3.63) is 12.5 Å². The molecule has 7 nitrogen and oxygen atoms in total. The van der Waals surface area contributed by atoms with Crippen LogP contribution in [0, 0.1) is 5.92 Å². The van der Waals surface area contributed by atoms with Crippen molar-refractivity contribution >= 4 is 22.8 Å². The van der Waals surface area contributed by atoms with Gasteiger partial charge in [-0.3, -0.25) is 4.79 Å². The van der Waals surface area contributed by atoms with Gasteiger partial charge in [-0.2, -0.15) is 5.10 Å². The Morgan fingerprint density at radius 3 is 2.75 bits per heavy atom. The molecule has 1 saturated heterocycles. The molecule has 3 heterocycles. The second-order valence-electron chi connectivity index (χ2n) is 6.77. The molecule has 0 atom stereocenters. The Bertz CT molecular complexity index is 715. The van der Waals surface area contributed by atoms with Crippen LogP contribution in [0.15, 0.2) is 12.5 Å². The van der Waals surface area contributed by atoms with Crippen LogP contribution in [0.3, 0.4) is 0 Å². The first-order chi connectivity index (χ1) is 11.8. The number of hydrogen-bond acceptors (Lipinski definition) is 5. The lowest BCUT2D eigenvalue weighted by atomic mass is 10.1. The molecule has 4 rings (SSSR count). The van der Waals surface area contributed by atoms with E-state index < -0.39 is 0 Å². The fourth-order valence-corrected chi connectivity index (χ4v) is 3.84. The highest BCUT2D eigenvalue weighted by atomic mass is 16.1. The molecule has 0 bridgehead atoms. The number of nitrogens with one attached hydrogen (secondary N) is 1. The molecular weight excluding hydrogens is 304 g/mol. The summed E-state index contributed by atoms with van der Waals surface area (Å²) in [5.41, 5.74) is 0.849. The summed E-state index contributed by atoms with van der Waals surface area (Å²) < 4.78 is 1.87. The van der Waals surface area contributed by atoms with Crippen LogP contribution in [-0.4, -0.2) is 45.3 Å². The SMILES string of the molecule is O=C(NCCn1ncc2c(N3CCCC3)ncnc21)C1CCCC1. The van der Waals surface area contributed by atoms with Crippen LogP contribution in [0.2, 0.25) is 0 Å². The molecule has 0 aromatic carbocycles. The lowest BCUT2D eigenvalue weighted by molar-refractivity contribution is -0.124. The highest BCUT2D eigenvalue weighted by molar-refractivity contribution is 5.86. The number of rotatable bonds is 5. The van der Waals surface area contributed by atoms with E-state index in [1.807, 2.05) is 10.9 Å². The Morgan fingerprint density at radius 1 is 1.17 bits per heavy atom. The average molecular weight is 328 g/mol. The first kappa shape index (κ1) is 15.4. The molecule has 2 aromatic rings.